The number of aliphatic hydroxyl groups is 1. The van der Waals surface area contributed by atoms with Crippen molar-refractivity contribution in [1.82, 2.24) is 21.0 Å². The maximum atomic E-state index is 16.1. The first-order valence-corrected chi connectivity index (χ1v) is 30.1. The van der Waals surface area contributed by atoms with Gasteiger partial charge in [-0.25, -0.2) is 23.2 Å². The maximum absolute atomic E-state index is 16.1. The largest absolute Gasteiger partial charge is 0.462 e. The number of nitrogens with one attached hydrogen (secondary N) is 4. The van der Waals surface area contributed by atoms with Crippen LogP contribution >= 0.6 is 23.8 Å². The molecular weight excluding hydrogens is 1210 g/mol. The molecular formula is C61H80ClF2N7O17S. The van der Waals surface area contributed by atoms with Gasteiger partial charge < -0.3 is 64.9 Å². The number of halogens is 3. The lowest BCUT2D eigenvalue weighted by atomic mass is 9.78. The van der Waals surface area contributed by atoms with E-state index in [1.807, 2.05) is 19.1 Å². The third kappa shape index (κ3) is 19.7. The molecule has 7 amide bonds. The number of allylic oxidation sites excluding steroid dienone is 3. The molecule has 3 fully saturated rings. The number of nitrogens with two attached hydrogens (primary N) is 1. The Bertz CT molecular complexity index is 3050. The average molecular weight is 1290 g/mol. The average Bonchev–Trinajstić information content (AvgIpc) is 1.69. The molecule has 2 aromatic carbocycles. The molecule has 24 nitrogen and oxygen atoms in total. The molecule has 2 aromatic rings. The summed E-state index contributed by atoms with van der Waals surface area (Å²) in [6.07, 6.45) is -1.49. The number of urea groups is 1. The van der Waals surface area contributed by atoms with Gasteiger partial charge in [0.05, 0.1) is 79.2 Å². The zero-order valence-corrected chi connectivity index (χ0v) is 52.7. The van der Waals surface area contributed by atoms with Crippen molar-refractivity contribution in [1.29, 1.82) is 0 Å². The first kappa shape index (κ1) is 71.1. The highest BCUT2D eigenvalue weighted by atomic mass is 35.5. The van der Waals surface area contributed by atoms with Gasteiger partial charge in [-0.2, -0.15) is 0 Å². The number of aryl methyl sites for hydroxylation is 1. The lowest BCUT2D eigenvalue weighted by Gasteiger charge is -2.41. The number of fused-ring (bicyclic) bond motifs is 5. The van der Waals surface area contributed by atoms with Gasteiger partial charge in [0.25, 0.3) is 11.8 Å². The molecule has 3 saturated heterocycles. The van der Waals surface area contributed by atoms with E-state index in [1.165, 1.54) is 19.1 Å². The number of carbonyl (C=O) groups is 9. The standard InChI is InChI=1S/C61H80ClF2N7O17S/c1-33(2)39(28-49(89)66-18-20-84-22-21-83-19-16-53(76)88-71-50(73)14-15-51(71)74)57(78)68-42(12-10-17-67-58(65)79)45(72)27-38-26-41(64)43(29-40(38)63)69-59(80)86-48-30-52(75)70(7)44-25-37(24-35(4)55(44)62)23-34(3)11-9-13-47(82-8)61(81)31-46(85-54(77)32-61)36(5)56-60(48,6)87-56/h9,11,13,24-26,29,33,36,39,42,46-48,56,81H,10,12,14-23,27-28,30-32H2,1-8H3,(H,66,89)(H,68,78)(H,69,80)(H3,65,67,79)/b13-9+,34-11+/t36-,39+,42+,46+,47-,48+,56+,60+,61-/m1/s1. The number of methoxy groups -OCH3 is 1. The van der Waals surface area contributed by atoms with Crippen molar-refractivity contribution in [3.05, 3.63) is 81.4 Å². The number of carbonyl (C=O) groups excluding carboxylic acids is 9. The second-order valence-electron chi connectivity index (χ2n) is 23.2. The molecule has 0 radical (unpaired) electrons. The molecule has 89 heavy (non-hydrogen) atoms. The summed E-state index contributed by atoms with van der Waals surface area (Å²) in [5.41, 5.74) is 3.74. The van der Waals surface area contributed by atoms with Crippen LogP contribution in [0.25, 0.3) is 0 Å². The lowest BCUT2D eigenvalue weighted by molar-refractivity contribution is -0.198. The predicted molar refractivity (Wildman–Crippen MR) is 323 cm³/mol. The van der Waals surface area contributed by atoms with Crippen molar-refractivity contribution in [3.8, 4) is 0 Å². The van der Waals surface area contributed by atoms with Gasteiger partial charge in [-0.3, -0.25) is 34.1 Å². The van der Waals surface area contributed by atoms with Crippen LogP contribution in [0.4, 0.5) is 29.7 Å². The van der Waals surface area contributed by atoms with E-state index < -0.39 is 143 Å². The summed E-state index contributed by atoms with van der Waals surface area (Å²) in [7, 11) is 2.92. The number of imide groups is 1. The molecule has 0 aliphatic carbocycles. The highest BCUT2D eigenvalue weighted by Gasteiger charge is 2.64. The lowest BCUT2D eigenvalue weighted by Crippen LogP contribution is -2.53. The molecule has 6 rings (SSSR count). The van der Waals surface area contributed by atoms with Crippen LogP contribution in [0.15, 0.2) is 48.1 Å². The van der Waals surface area contributed by atoms with Crippen molar-refractivity contribution in [3.63, 3.8) is 0 Å². The first-order valence-electron chi connectivity index (χ1n) is 29.4. The number of hydrogen-bond acceptors (Lipinski definition) is 18. The molecule has 4 aliphatic rings. The Balaban J connectivity index is 1.10. The third-order valence-electron chi connectivity index (χ3n) is 16.0. The van der Waals surface area contributed by atoms with Crippen molar-refractivity contribution in [2.45, 2.75) is 154 Å². The molecule has 0 aromatic heterocycles. The summed E-state index contributed by atoms with van der Waals surface area (Å²) in [6, 6.07) is 2.93. The van der Waals surface area contributed by atoms with Gasteiger partial charge in [0.1, 0.15) is 41.1 Å². The molecule has 7 N–H and O–H groups in total. The van der Waals surface area contributed by atoms with Gasteiger partial charge >= 0.3 is 24.1 Å². The number of primary amides is 1. The predicted octanol–water partition coefficient (Wildman–Crippen LogP) is 5.86. The number of thiocarbonyl (C=S) groups is 1. The van der Waals surface area contributed by atoms with Gasteiger partial charge in [-0.15, -0.1) is 5.06 Å². The molecule has 0 saturated carbocycles. The van der Waals surface area contributed by atoms with E-state index in [4.69, 9.17) is 62.8 Å². The molecule has 9 atom stereocenters. The summed E-state index contributed by atoms with van der Waals surface area (Å²) in [5.74, 6) is -8.52. The Hall–Kier alpha value is -7.01. The van der Waals surface area contributed by atoms with Crippen LogP contribution in [0.2, 0.25) is 5.02 Å². The van der Waals surface area contributed by atoms with Gasteiger partial charge in [0, 0.05) is 77.3 Å². The smallest absolute Gasteiger partial charge is 0.412 e. The fourth-order valence-corrected chi connectivity index (χ4v) is 11.4. The quantitative estimate of drug-likeness (QED) is 0.0223. The van der Waals surface area contributed by atoms with E-state index in [0.717, 1.165) is 11.1 Å². The van der Waals surface area contributed by atoms with E-state index in [0.29, 0.717) is 44.9 Å². The number of ketones is 1. The summed E-state index contributed by atoms with van der Waals surface area (Å²) in [6.45, 7) is 11.3. The molecule has 0 spiro atoms. The second-order valence-corrected chi connectivity index (χ2v) is 24.1. The fourth-order valence-electron chi connectivity index (χ4n) is 10.9. The van der Waals surface area contributed by atoms with Gasteiger partial charge in [0.2, 0.25) is 11.8 Å². The highest BCUT2D eigenvalue weighted by Crippen LogP contribution is 2.50. The van der Waals surface area contributed by atoms with Crippen LogP contribution < -0.4 is 31.9 Å². The summed E-state index contributed by atoms with van der Waals surface area (Å²) in [4.78, 5) is 122. The zero-order valence-electron chi connectivity index (χ0n) is 51.2. The first-order chi connectivity index (χ1) is 42.0. The third-order valence-corrected chi connectivity index (χ3v) is 16.8. The molecule has 4 heterocycles. The maximum Gasteiger partial charge on any atom is 0.412 e. The van der Waals surface area contributed by atoms with E-state index in [1.54, 1.807) is 52.8 Å². The number of esters is 1. The van der Waals surface area contributed by atoms with E-state index >= 15 is 8.78 Å². The topological polar surface area (TPSA) is 322 Å². The van der Waals surface area contributed by atoms with E-state index in [-0.39, 0.29) is 96.8 Å². The number of nitrogens with zero attached hydrogens (tertiary/aromatic N) is 2. The van der Waals surface area contributed by atoms with Crippen molar-refractivity contribution in [2.24, 2.45) is 23.5 Å². The minimum Gasteiger partial charge on any atom is -0.462 e. The minimum atomic E-state index is -1.70. The molecule has 4 bridgehead atoms. The van der Waals surface area contributed by atoms with Crippen LogP contribution in [-0.4, -0.2) is 164 Å². The van der Waals surface area contributed by atoms with Gasteiger partial charge in [-0.1, -0.05) is 74.5 Å². The van der Waals surface area contributed by atoms with Crippen molar-refractivity contribution < 1.29 is 90.3 Å². The van der Waals surface area contributed by atoms with Gasteiger partial charge in [-0.05, 0) is 74.8 Å². The number of Topliss-reactive ketones (excluding diaryl/α,β-unsaturated/α-hetero) is 1. The van der Waals surface area contributed by atoms with Crippen LogP contribution in [0.5, 0.6) is 0 Å². The molecule has 4 aliphatic heterocycles. The Labute approximate surface area is 525 Å². The molecule has 0 unspecified atom stereocenters. The number of anilines is 2. The van der Waals surface area contributed by atoms with E-state index in [9.17, 15) is 48.3 Å². The van der Waals surface area contributed by atoms with E-state index in [2.05, 4.69) is 21.3 Å². The number of hydroxylamine groups is 2. The summed E-state index contributed by atoms with van der Waals surface area (Å²) >= 11 is 12.4. The molecule has 488 valence electrons. The van der Waals surface area contributed by atoms with Crippen LogP contribution in [0.1, 0.15) is 109 Å². The number of rotatable bonds is 25. The number of benzene rings is 2. The number of hydrogen-bond donors (Lipinski definition) is 6. The Morgan fingerprint density at radius 3 is 2.33 bits per heavy atom. The molecule has 28 heteroatoms. The summed E-state index contributed by atoms with van der Waals surface area (Å²) in [5, 5.41) is 23.1. The SMILES string of the molecule is CO[C@@H]1/C=C/C=C(\C)Cc2cc(C)c(Cl)c(c2)N(C)C(=O)C[C@H](OC(=O)Nc2cc(F)c(CC(=O)[C@H](CCCNC(N)=O)NC(=O)[C@@H](CC(=S)NCCOCCOCCC(=O)ON3C(=O)CCC3=O)C(C)C)cc2F)[C@]2(C)O[C@H]2[C@H](C)[C@@H]2C[C@@]1(O)CC(=O)O2. The Morgan fingerprint density at radius 1 is 0.955 bits per heavy atom. The Kier molecular flexibility index (Phi) is 25.7. The highest BCUT2D eigenvalue weighted by molar-refractivity contribution is 7.80. The minimum absolute atomic E-state index is 0.0195. The Morgan fingerprint density at radius 2 is 1.65 bits per heavy atom. The van der Waals surface area contributed by atoms with Crippen molar-refractivity contribution in [2.75, 3.05) is 63.9 Å². The number of ether oxygens (including phenoxy) is 6. The number of amides is 7. The van der Waals surface area contributed by atoms with Crippen LogP contribution in [0, 0.1) is 36.3 Å². The van der Waals surface area contributed by atoms with Crippen molar-refractivity contribution >= 4 is 93.7 Å². The fraction of sp³-hybridized carbons (Fsp3) is 0.574. The second kappa shape index (κ2) is 32.1. The van der Waals surface area contributed by atoms with Gasteiger partial charge in [0.15, 0.2) is 5.78 Å². The summed E-state index contributed by atoms with van der Waals surface area (Å²) < 4.78 is 66.8. The normalized spacial score (nSPS) is 24.6. The van der Waals surface area contributed by atoms with Crippen LogP contribution in [-0.2, 0) is 79.7 Å². The monoisotopic (exact) mass is 1290 g/mol. The zero-order chi connectivity index (χ0) is 65.5. The number of epoxide rings is 1. The van der Waals surface area contributed by atoms with Crippen LogP contribution in [0.3, 0.4) is 0 Å².